The van der Waals surface area contributed by atoms with Crippen LogP contribution < -0.4 is 0 Å². The van der Waals surface area contributed by atoms with Crippen LogP contribution in [0.4, 0.5) is 0 Å². The highest BCUT2D eigenvalue weighted by Gasteiger charge is 2.13. The van der Waals surface area contributed by atoms with Crippen molar-refractivity contribution in [3.8, 4) is 0 Å². The van der Waals surface area contributed by atoms with Gasteiger partial charge in [-0.2, -0.15) is 5.10 Å². The lowest BCUT2D eigenvalue weighted by molar-refractivity contribution is 0.171. The smallest absolute Gasteiger partial charge is 0.0886 e. The first-order valence-electron chi connectivity index (χ1n) is 5.48. The summed E-state index contributed by atoms with van der Waals surface area (Å²) in [4.78, 5) is 2.23. The van der Waals surface area contributed by atoms with Gasteiger partial charge >= 0.3 is 0 Å². The summed E-state index contributed by atoms with van der Waals surface area (Å²) in [5.74, 6) is 0. The molecule has 0 fully saturated rings. The molecule has 1 atom stereocenters. The summed E-state index contributed by atoms with van der Waals surface area (Å²) >= 11 is 5.12. The van der Waals surface area contributed by atoms with E-state index in [1.165, 1.54) is 4.88 Å². The molecule has 0 aromatic carbocycles. The van der Waals surface area contributed by atoms with Crippen LogP contribution in [0.25, 0.3) is 0 Å². The molecule has 2 aromatic heterocycles. The van der Waals surface area contributed by atoms with Crippen LogP contribution in [0.5, 0.6) is 0 Å². The van der Waals surface area contributed by atoms with Crippen molar-refractivity contribution in [3.05, 3.63) is 38.3 Å². The van der Waals surface area contributed by atoms with Crippen LogP contribution in [-0.4, -0.2) is 14.9 Å². The minimum Gasteiger partial charge on any atom is -0.388 e. The Labute approximate surface area is 113 Å². The minimum absolute atomic E-state index is 0.389. The number of hydrogen-bond donors (Lipinski definition) is 1. The van der Waals surface area contributed by atoms with E-state index < -0.39 is 0 Å². The molecule has 2 heterocycles. The summed E-state index contributed by atoms with van der Waals surface area (Å²) in [5, 5.41) is 14.2. The maximum Gasteiger partial charge on any atom is 0.0886 e. The molecule has 1 N–H and O–H groups in total. The highest BCUT2D eigenvalue weighted by atomic mass is 79.9. The molecule has 92 valence electrons. The minimum atomic E-state index is -0.389. The Hall–Kier alpha value is -0.650. The van der Waals surface area contributed by atoms with E-state index in [0.717, 1.165) is 27.9 Å². The van der Waals surface area contributed by atoms with Gasteiger partial charge in [-0.15, -0.1) is 11.3 Å². The normalized spacial score (nSPS) is 12.9. The lowest BCUT2D eigenvalue weighted by Gasteiger charge is -2.08. The molecule has 0 bridgehead atoms. The molecule has 17 heavy (non-hydrogen) atoms. The van der Waals surface area contributed by atoms with Gasteiger partial charge in [0.05, 0.1) is 6.10 Å². The van der Waals surface area contributed by atoms with Crippen LogP contribution >= 0.6 is 27.3 Å². The molecule has 0 radical (unpaired) electrons. The average molecular weight is 315 g/mol. The van der Waals surface area contributed by atoms with E-state index in [4.69, 9.17) is 0 Å². The summed E-state index contributed by atoms with van der Waals surface area (Å²) in [6.07, 6.45) is 2.96. The predicted molar refractivity (Wildman–Crippen MR) is 73.2 cm³/mol. The monoisotopic (exact) mass is 314 g/mol. The van der Waals surface area contributed by atoms with Crippen LogP contribution in [0.3, 0.4) is 0 Å². The molecular weight excluding hydrogens is 300 g/mol. The van der Waals surface area contributed by atoms with Gasteiger partial charge in [0.15, 0.2) is 0 Å². The van der Waals surface area contributed by atoms with Crippen molar-refractivity contribution in [1.29, 1.82) is 0 Å². The molecule has 2 aromatic rings. The van der Waals surface area contributed by atoms with Gasteiger partial charge in [0.2, 0.25) is 0 Å². The second-order valence-electron chi connectivity index (χ2n) is 4.05. The first-order chi connectivity index (χ1) is 8.08. The van der Waals surface area contributed by atoms with Crippen LogP contribution in [0.1, 0.15) is 28.0 Å². The number of nitrogens with zero attached hydrogens (tertiary/aromatic N) is 2. The highest BCUT2D eigenvalue weighted by Crippen LogP contribution is 2.32. The number of rotatable bonds is 4. The standard InChI is InChI=1S/C12H15BrN2OS/c1-8-10(13)7-12(17-8)11(16)4-3-9-5-6-14-15(9)2/h5-7,11,16H,3-4H2,1-2H3. The third-order valence-corrected chi connectivity index (χ3v) is 5.04. The van der Waals surface area contributed by atoms with Gasteiger partial charge in [-0.3, -0.25) is 4.68 Å². The van der Waals surface area contributed by atoms with Crippen molar-refractivity contribution in [1.82, 2.24) is 9.78 Å². The van der Waals surface area contributed by atoms with Crippen molar-refractivity contribution >= 4 is 27.3 Å². The van der Waals surface area contributed by atoms with Crippen molar-refractivity contribution in [2.75, 3.05) is 0 Å². The van der Waals surface area contributed by atoms with Gasteiger partial charge in [-0.1, -0.05) is 0 Å². The number of aliphatic hydroxyl groups excluding tert-OH is 1. The zero-order valence-electron chi connectivity index (χ0n) is 9.85. The van der Waals surface area contributed by atoms with Gasteiger partial charge in [0.1, 0.15) is 0 Å². The van der Waals surface area contributed by atoms with Gasteiger partial charge in [0, 0.05) is 33.2 Å². The van der Waals surface area contributed by atoms with Gasteiger partial charge in [0.25, 0.3) is 0 Å². The van der Waals surface area contributed by atoms with E-state index in [9.17, 15) is 5.11 Å². The van der Waals surface area contributed by atoms with E-state index in [1.54, 1.807) is 17.5 Å². The lowest BCUT2D eigenvalue weighted by Crippen LogP contribution is -2.02. The number of hydrogen-bond acceptors (Lipinski definition) is 3. The third kappa shape index (κ3) is 2.97. The quantitative estimate of drug-likeness (QED) is 0.941. The Morgan fingerprint density at radius 3 is 2.88 bits per heavy atom. The van der Waals surface area contributed by atoms with Crippen molar-refractivity contribution in [2.45, 2.75) is 25.9 Å². The number of halogens is 1. The topological polar surface area (TPSA) is 38.1 Å². The van der Waals surface area contributed by atoms with E-state index in [0.29, 0.717) is 0 Å². The Morgan fingerprint density at radius 1 is 1.59 bits per heavy atom. The van der Waals surface area contributed by atoms with E-state index in [-0.39, 0.29) is 6.10 Å². The maximum absolute atomic E-state index is 10.1. The zero-order valence-corrected chi connectivity index (χ0v) is 12.3. The largest absolute Gasteiger partial charge is 0.388 e. The molecule has 0 aliphatic carbocycles. The van der Waals surface area contributed by atoms with Gasteiger partial charge in [-0.05, 0) is 47.8 Å². The van der Waals surface area contributed by atoms with E-state index in [2.05, 4.69) is 21.0 Å². The van der Waals surface area contributed by atoms with E-state index in [1.807, 2.05) is 30.8 Å². The molecule has 5 heteroatoms. The Balaban J connectivity index is 1.98. The molecular formula is C12H15BrN2OS. The SMILES string of the molecule is Cc1sc(C(O)CCc2ccnn2C)cc1Br. The Morgan fingerprint density at radius 2 is 2.35 bits per heavy atom. The molecule has 1 unspecified atom stereocenters. The molecule has 0 aliphatic rings. The van der Waals surface area contributed by atoms with Crippen molar-refractivity contribution in [3.63, 3.8) is 0 Å². The Kier molecular flexibility index (Phi) is 4.01. The van der Waals surface area contributed by atoms with Crippen LogP contribution in [0.2, 0.25) is 0 Å². The summed E-state index contributed by atoms with van der Waals surface area (Å²) in [7, 11) is 1.92. The summed E-state index contributed by atoms with van der Waals surface area (Å²) in [6, 6.07) is 4.00. The van der Waals surface area contributed by atoms with Crippen molar-refractivity contribution < 1.29 is 5.11 Å². The molecule has 3 nitrogen and oxygen atoms in total. The highest BCUT2D eigenvalue weighted by molar-refractivity contribution is 9.10. The fourth-order valence-electron chi connectivity index (χ4n) is 1.72. The average Bonchev–Trinajstić information content (AvgIpc) is 2.83. The summed E-state index contributed by atoms with van der Waals surface area (Å²) < 4.78 is 2.93. The molecule has 0 spiro atoms. The first kappa shape index (κ1) is 12.8. The molecule has 0 saturated carbocycles. The zero-order chi connectivity index (χ0) is 12.4. The van der Waals surface area contributed by atoms with Crippen LogP contribution in [0.15, 0.2) is 22.8 Å². The maximum atomic E-state index is 10.1. The second-order valence-corrected chi connectivity index (χ2v) is 6.20. The molecule has 2 rings (SSSR count). The summed E-state index contributed by atoms with van der Waals surface area (Å²) in [5.41, 5.74) is 1.15. The number of aromatic nitrogens is 2. The van der Waals surface area contributed by atoms with Gasteiger partial charge in [-0.25, -0.2) is 0 Å². The third-order valence-electron chi connectivity index (χ3n) is 2.80. The summed E-state index contributed by atoms with van der Waals surface area (Å²) in [6.45, 7) is 2.05. The Bertz CT molecular complexity index is 487. The van der Waals surface area contributed by atoms with Crippen LogP contribution in [-0.2, 0) is 13.5 Å². The first-order valence-corrected chi connectivity index (χ1v) is 7.09. The number of aryl methyl sites for hydroxylation is 3. The van der Waals surface area contributed by atoms with E-state index >= 15 is 0 Å². The fraction of sp³-hybridized carbons (Fsp3) is 0.417. The van der Waals surface area contributed by atoms with Gasteiger partial charge < -0.3 is 5.11 Å². The molecule has 0 aliphatic heterocycles. The second kappa shape index (κ2) is 5.33. The molecule has 0 amide bonds. The number of aliphatic hydroxyl groups is 1. The molecule has 0 saturated heterocycles. The van der Waals surface area contributed by atoms with Crippen LogP contribution in [0, 0.1) is 6.92 Å². The fourth-order valence-corrected chi connectivity index (χ4v) is 3.30. The van der Waals surface area contributed by atoms with Crippen molar-refractivity contribution in [2.24, 2.45) is 7.05 Å². The number of thiophene rings is 1. The lowest BCUT2D eigenvalue weighted by atomic mass is 10.1. The predicted octanol–water partition coefficient (Wildman–Crippen LogP) is 3.22.